The van der Waals surface area contributed by atoms with Crippen molar-refractivity contribution in [3.05, 3.63) is 72.9 Å². The molecule has 0 radical (unpaired) electrons. The van der Waals surface area contributed by atoms with E-state index in [9.17, 15) is 14.4 Å². The van der Waals surface area contributed by atoms with Gasteiger partial charge in [-0.1, -0.05) is 273 Å². The molecule has 0 heterocycles. The van der Waals surface area contributed by atoms with E-state index >= 15 is 0 Å². The first-order chi connectivity index (χ1) is 35.0. The van der Waals surface area contributed by atoms with Crippen molar-refractivity contribution in [1.82, 2.24) is 0 Å². The van der Waals surface area contributed by atoms with Crippen LogP contribution in [-0.4, -0.2) is 37.2 Å². The summed E-state index contributed by atoms with van der Waals surface area (Å²) >= 11 is 0. The van der Waals surface area contributed by atoms with E-state index < -0.39 is 6.10 Å². The number of hydrogen-bond acceptors (Lipinski definition) is 6. The molecule has 0 aromatic rings. The second kappa shape index (κ2) is 59.4. The molecule has 0 amide bonds. The molecule has 6 heteroatoms. The number of carbonyl (C=O) groups excluding carboxylic acids is 3. The summed E-state index contributed by atoms with van der Waals surface area (Å²) in [6.45, 7) is 6.44. The van der Waals surface area contributed by atoms with Gasteiger partial charge in [0.25, 0.3) is 0 Å². The summed E-state index contributed by atoms with van der Waals surface area (Å²) in [4.78, 5) is 37.9. The van der Waals surface area contributed by atoms with Crippen molar-refractivity contribution in [2.75, 3.05) is 13.2 Å². The summed E-state index contributed by atoms with van der Waals surface area (Å²) in [7, 11) is 0. The van der Waals surface area contributed by atoms with E-state index in [1.165, 1.54) is 154 Å². The van der Waals surface area contributed by atoms with Crippen LogP contribution >= 0.6 is 0 Å². The first kappa shape index (κ1) is 67.8. The lowest BCUT2D eigenvalue weighted by molar-refractivity contribution is -0.167. The normalized spacial score (nSPS) is 12.5. The molecule has 0 saturated carbocycles. The van der Waals surface area contributed by atoms with E-state index in [4.69, 9.17) is 14.2 Å². The maximum Gasteiger partial charge on any atom is 0.306 e. The van der Waals surface area contributed by atoms with Crippen LogP contribution < -0.4 is 0 Å². The smallest absolute Gasteiger partial charge is 0.306 e. The van der Waals surface area contributed by atoms with Crippen molar-refractivity contribution in [1.29, 1.82) is 0 Å². The van der Waals surface area contributed by atoms with Crippen molar-refractivity contribution in [2.24, 2.45) is 0 Å². The van der Waals surface area contributed by atoms with Crippen LogP contribution in [0, 0.1) is 0 Å². The minimum absolute atomic E-state index is 0.0739. The highest BCUT2D eigenvalue weighted by molar-refractivity contribution is 5.71. The SMILES string of the molecule is CC/C=C\C/C=C\C/C=C\C/C=C\C/C=C\CCCCCCCCCCCCCCCCCCCCCC(=O)OCC(COC(=O)CCCCCCCCCC)OC(=O)CCCCCCC/C=C\CCC. The summed E-state index contributed by atoms with van der Waals surface area (Å²) in [6.07, 6.45) is 76.7. The Morgan fingerprint density at radius 3 is 0.930 bits per heavy atom. The van der Waals surface area contributed by atoms with E-state index in [1.807, 2.05) is 0 Å². The third kappa shape index (κ3) is 57.6. The lowest BCUT2D eigenvalue weighted by Crippen LogP contribution is -2.30. The predicted molar refractivity (Wildman–Crippen MR) is 307 cm³/mol. The van der Waals surface area contributed by atoms with E-state index in [0.29, 0.717) is 19.3 Å². The lowest BCUT2D eigenvalue weighted by Gasteiger charge is -2.18. The van der Waals surface area contributed by atoms with Gasteiger partial charge in [0, 0.05) is 19.3 Å². The lowest BCUT2D eigenvalue weighted by atomic mass is 10.0. The molecule has 1 atom stereocenters. The second-order valence-electron chi connectivity index (χ2n) is 20.2. The topological polar surface area (TPSA) is 78.9 Å². The molecular weight excluding hydrogens is 877 g/mol. The second-order valence-corrected chi connectivity index (χ2v) is 20.2. The van der Waals surface area contributed by atoms with Gasteiger partial charge in [-0.2, -0.15) is 0 Å². The van der Waals surface area contributed by atoms with Crippen LogP contribution in [0.1, 0.15) is 303 Å². The van der Waals surface area contributed by atoms with E-state index in [1.54, 1.807) is 0 Å². The zero-order valence-corrected chi connectivity index (χ0v) is 47.0. The molecule has 6 nitrogen and oxygen atoms in total. The Morgan fingerprint density at radius 1 is 0.296 bits per heavy atom. The Bertz CT molecular complexity index is 1320. The van der Waals surface area contributed by atoms with Gasteiger partial charge < -0.3 is 14.2 Å². The highest BCUT2D eigenvalue weighted by Gasteiger charge is 2.19. The minimum Gasteiger partial charge on any atom is -0.462 e. The van der Waals surface area contributed by atoms with Crippen molar-refractivity contribution in [2.45, 2.75) is 309 Å². The number of unbranched alkanes of at least 4 members (excludes halogenated alkanes) is 32. The molecule has 0 aromatic heterocycles. The first-order valence-electron chi connectivity index (χ1n) is 30.4. The standard InChI is InChI=1S/C65H114O6/c1-4-7-10-13-16-19-21-22-23-24-25-26-27-28-29-30-31-32-33-34-35-36-37-38-39-40-41-42-43-44-45-47-49-52-55-58-64(67)70-61-62(60-69-63(66)57-54-51-48-18-15-12-9-6-3)71-65(68)59-56-53-50-46-20-17-14-11-8-5-2/h7,10-11,14,16,19,22-23,25-26,28-29,62H,4-6,8-9,12-13,15,17-18,20-21,24,27,30-61H2,1-3H3/b10-7-,14-11-,19-16-,23-22-,26-25-,29-28-. The van der Waals surface area contributed by atoms with Crippen LogP contribution in [0.3, 0.4) is 0 Å². The third-order valence-electron chi connectivity index (χ3n) is 13.2. The van der Waals surface area contributed by atoms with Gasteiger partial charge in [0.15, 0.2) is 6.10 Å². The van der Waals surface area contributed by atoms with Gasteiger partial charge in [0.05, 0.1) is 0 Å². The van der Waals surface area contributed by atoms with Gasteiger partial charge >= 0.3 is 17.9 Å². The average molecular weight is 992 g/mol. The molecule has 0 aliphatic rings. The van der Waals surface area contributed by atoms with E-state index in [-0.39, 0.29) is 31.1 Å². The summed E-state index contributed by atoms with van der Waals surface area (Å²) in [5.74, 6) is -0.880. The Kier molecular flexibility index (Phi) is 56.8. The monoisotopic (exact) mass is 991 g/mol. The van der Waals surface area contributed by atoms with Crippen LogP contribution in [0.15, 0.2) is 72.9 Å². The Morgan fingerprint density at radius 2 is 0.577 bits per heavy atom. The molecule has 1 unspecified atom stereocenters. The number of hydrogen-bond donors (Lipinski definition) is 0. The highest BCUT2D eigenvalue weighted by atomic mass is 16.6. The van der Waals surface area contributed by atoms with E-state index in [0.717, 1.165) is 109 Å². The molecule has 0 fully saturated rings. The number of rotatable bonds is 55. The molecule has 410 valence electrons. The van der Waals surface area contributed by atoms with Crippen molar-refractivity contribution >= 4 is 17.9 Å². The highest BCUT2D eigenvalue weighted by Crippen LogP contribution is 2.17. The number of ether oxygens (including phenoxy) is 3. The summed E-state index contributed by atoms with van der Waals surface area (Å²) in [5, 5.41) is 0. The van der Waals surface area contributed by atoms with Gasteiger partial charge in [-0.25, -0.2) is 0 Å². The number of allylic oxidation sites excluding steroid dienone is 12. The van der Waals surface area contributed by atoms with Crippen molar-refractivity contribution < 1.29 is 28.6 Å². The van der Waals surface area contributed by atoms with Gasteiger partial charge in [0.2, 0.25) is 0 Å². The fraction of sp³-hybridized carbons (Fsp3) is 0.769. The van der Waals surface area contributed by atoms with Gasteiger partial charge in [-0.3, -0.25) is 14.4 Å². The summed E-state index contributed by atoms with van der Waals surface area (Å²) < 4.78 is 16.8. The number of esters is 3. The molecule has 0 spiro atoms. The maximum absolute atomic E-state index is 12.7. The Labute approximate surface area is 440 Å². The molecule has 0 bridgehead atoms. The van der Waals surface area contributed by atoms with Crippen LogP contribution in [0.2, 0.25) is 0 Å². The Balaban J connectivity index is 3.91. The molecule has 0 aliphatic heterocycles. The van der Waals surface area contributed by atoms with Gasteiger partial charge in [0.1, 0.15) is 13.2 Å². The van der Waals surface area contributed by atoms with Crippen LogP contribution in [-0.2, 0) is 28.6 Å². The third-order valence-corrected chi connectivity index (χ3v) is 13.2. The summed E-state index contributed by atoms with van der Waals surface area (Å²) in [6, 6.07) is 0. The summed E-state index contributed by atoms with van der Waals surface area (Å²) in [5.41, 5.74) is 0. The average Bonchev–Trinajstić information content (AvgIpc) is 3.37. The van der Waals surface area contributed by atoms with Gasteiger partial charge in [-0.05, 0) is 83.5 Å². The zero-order chi connectivity index (χ0) is 51.4. The van der Waals surface area contributed by atoms with Crippen LogP contribution in [0.5, 0.6) is 0 Å². The molecule has 0 aliphatic carbocycles. The first-order valence-corrected chi connectivity index (χ1v) is 30.4. The zero-order valence-electron chi connectivity index (χ0n) is 47.0. The molecule has 0 N–H and O–H groups in total. The maximum atomic E-state index is 12.7. The molecule has 0 aromatic carbocycles. The molecule has 0 saturated heterocycles. The van der Waals surface area contributed by atoms with Gasteiger partial charge in [-0.15, -0.1) is 0 Å². The number of carbonyl (C=O) groups is 3. The van der Waals surface area contributed by atoms with E-state index in [2.05, 4.69) is 93.7 Å². The Hall–Kier alpha value is -3.15. The fourth-order valence-electron chi connectivity index (χ4n) is 8.65. The van der Waals surface area contributed by atoms with Crippen LogP contribution in [0.25, 0.3) is 0 Å². The fourth-order valence-corrected chi connectivity index (χ4v) is 8.65. The molecule has 0 rings (SSSR count). The predicted octanol–water partition coefficient (Wildman–Crippen LogP) is 20.5. The largest absolute Gasteiger partial charge is 0.462 e. The van der Waals surface area contributed by atoms with Crippen LogP contribution in [0.4, 0.5) is 0 Å². The van der Waals surface area contributed by atoms with Crippen molar-refractivity contribution in [3.63, 3.8) is 0 Å². The van der Waals surface area contributed by atoms with Crippen molar-refractivity contribution in [3.8, 4) is 0 Å². The quantitative estimate of drug-likeness (QED) is 0.0261. The minimum atomic E-state index is -0.772. The molecule has 71 heavy (non-hydrogen) atoms. The molecular formula is C65H114O6.